The zero-order valence-corrected chi connectivity index (χ0v) is 11.8. The SMILES string of the molecule is C=Cc1nc(C)cn1C=C(C)C.CC.CC. The van der Waals surface area contributed by atoms with Crippen molar-refractivity contribution < 1.29 is 0 Å². The summed E-state index contributed by atoms with van der Waals surface area (Å²) < 4.78 is 1.98. The molecule has 0 aliphatic heterocycles. The van der Waals surface area contributed by atoms with Crippen LogP contribution in [0.3, 0.4) is 0 Å². The van der Waals surface area contributed by atoms with Crippen LogP contribution in [0.4, 0.5) is 0 Å². The summed E-state index contributed by atoms with van der Waals surface area (Å²) in [5, 5.41) is 0. The zero-order valence-electron chi connectivity index (χ0n) is 11.8. The summed E-state index contributed by atoms with van der Waals surface area (Å²) in [6.07, 6.45) is 5.79. The summed E-state index contributed by atoms with van der Waals surface area (Å²) in [6, 6.07) is 0. The molecule has 0 fully saturated rings. The number of nitrogens with zero attached hydrogens (tertiary/aromatic N) is 2. The molecule has 1 aromatic rings. The number of rotatable bonds is 2. The molecule has 0 bridgehead atoms. The molecule has 0 amide bonds. The highest BCUT2D eigenvalue weighted by molar-refractivity contribution is 5.44. The maximum absolute atomic E-state index is 4.28. The van der Waals surface area contributed by atoms with Crippen LogP contribution in [-0.2, 0) is 0 Å². The predicted octanol–water partition coefficient (Wildman–Crippen LogP) is 4.77. The van der Waals surface area contributed by atoms with E-state index in [2.05, 4.69) is 25.4 Å². The Hall–Kier alpha value is -1.31. The summed E-state index contributed by atoms with van der Waals surface area (Å²) in [6.45, 7) is 17.8. The summed E-state index contributed by atoms with van der Waals surface area (Å²) in [5.74, 6) is 0.897. The van der Waals surface area contributed by atoms with Crippen LogP contribution in [0.2, 0.25) is 0 Å². The molecular weight excluding hydrogens is 196 g/mol. The first-order valence-electron chi connectivity index (χ1n) is 5.96. The molecule has 0 atom stereocenters. The molecule has 0 N–H and O–H groups in total. The minimum Gasteiger partial charge on any atom is -0.307 e. The van der Waals surface area contributed by atoms with Crippen molar-refractivity contribution in [3.05, 3.63) is 29.9 Å². The number of hydrogen-bond donors (Lipinski definition) is 0. The van der Waals surface area contributed by atoms with E-state index in [4.69, 9.17) is 0 Å². The van der Waals surface area contributed by atoms with Gasteiger partial charge in [-0.15, -0.1) is 0 Å². The normalized spacial score (nSPS) is 7.94. The molecule has 0 saturated carbocycles. The second-order valence-corrected chi connectivity index (χ2v) is 3.06. The van der Waals surface area contributed by atoms with Crippen LogP contribution in [0.5, 0.6) is 0 Å². The van der Waals surface area contributed by atoms with Gasteiger partial charge in [0.25, 0.3) is 0 Å². The number of aromatic nitrogens is 2. The third-order valence-electron chi connectivity index (χ3n) is 1.46. The van der Waals surface area contributed by atoms with Crippen LogP contribution in [0.1, 0.15) is 53.1 Å². The van der Waals surface area contributed by atoms with Gasteiger partial charge in [-0.3, -0.25) is 0 Å². The van der Waals surface area contributed by atoms with Crippen molar-refractivity contribution in [2.75, 3.05) is 0 Å². The molecule has 16 heavy (non-hydrogen) atoms. The molecule has 0 aliphatic carbocycles. The average Bonchev–Trinajstić information content (AvgIpc) is 2.63. The average molecular weight is 222 g/mol. The summed E-state index contributed by atoms with van der Waals surface area (Å²) in [7, 11) is 0. The van der Waals surface area contributed by atoms with E-state index < -0.39 is 0 Å². The third-order valence-corrected chi connectivity index (χ3v) is 1.46. The molecule has 0 spiro atoms. The van der Waals surface area contributed by atoms with Crippen molar-refractivity contribution in [2.45, 2.75) is 48.5 Å². The van der Waals surface area contributed by atoms with E-state index in [-0.39, 0.29) is 0 Å². The molecule has 0 aromatic carbocycles. The summed E-state index contributed by atoms with van der Waals surface area (Å²) >= 11 is 0. The lowest BCUT2D eigenvalue weighted by molar-refractivity contribution is 1.09. The highest BCUT2D eigenvalue weighted by atomic mass is 15.0. The molecule has 0 unspecified atom stereocenters. The first-order chi connectivity index (χ1) is 7.63. The lowest BCUT2D eigenvalue weighted by atomic mass is 10.4. The maximum Gasteiger partial charge on any atom is 0.136 e. The second-order valence-electron chi connectivity index (χ2n) is 3.06. The van der Waals surface area contributed by atoms with Gasteiger partial charge in [-0.05, 0) is 26.8 Å². The second kappa shape index (κ2) is 10.2. The molecule has 1 heterocycles. The molecule has 2 nitrogen and oxygen atoms in total. The van der Waals surface area contributed by atoms with Gasteiger partial charge in [0.15, 0.2) is 0 Å². The van der Waals surface area contributed by atoms with Crippen LogP contribution in [0.15, 0.2) is 18.3 Å². The molecule has 1 rings (SSSR count). The Balaban J connectivity index is 0. The van der Waals surface area contributed by atoms with Crippen molar-refractivity contribution in [3.63, 3.8) is 0 Å². The molecule has 0 aliphatic rings. The highest BCUT2D eigenvalue weighted by Gasteiger charge is 1.97. The van der Waals surface area contributed by atoms with E-state index in [0.29, 0.717) is 0 Å². The van der Waals surface area contributed by atoms with Crippen molar-refractivity contribution in [2.24, 2.45) is 0 Å². The fourth-order valence-electron chi connectivity index (χ4n) is 1.07. The van der Waals surface area contributed by atoms with Gasteiger partial charge < -0.3 is 4.57 Å². The van der Waals surface area contributed by atoms with Crippen LogP contribution in [-0.4, -0.2) is 9.55 Å². The van der Waals surface area contributed by atoms with Gasteiger partial charge in [-0.2, -0.15) is 0 Å². The van der Waals surface area contributed by atoms with E-state index in [0.717, 1.165) is 11.5 Å². The van der Waals surface area contributed by atoms with Gasteiger partial charge in [-0.25, -0.2) is 4.98 Å². The van der Waals surface area contributed by atoms with Gasteiger partial charge >= 0.3 is 0 Å². The van der Waals surface area contributed by atoms with Gasteiger partial charge in [0.2, 0.25) is 0 Å². The fraction of sp³-hybridized carbons (Fsp3) is 0.500. The first-order valence-corrected chi connectivity index (χ1v) is 5.96. The molecular formula is C14H26N2. The van der Waals surface area contributed by atoms with Gasteiger partial charge in [0, 0.05) is 12.4 Å². The Morgan fingerprint density at radius 1 is 1.25 bits per heavy atom. The van der Waals surface area contributed by atoms with Crippen molar-refractivity contribution in [1.82, 2.24) is 9.55 Å². The zero-order chi connectivity index (χ0) is 13.1. The number of aryl methyl sites for hydroxylation is 1. The largest absolute Gasteiger partial charge is 0.307 e. The van der Waals surface area contributed by atoms with Gasteiger partial charge in [0.1, 0.15) is 5.82 Å². The Bertz CT molecular complexity index is 315. The van der Waals surface area contributed by atoms with E-state index in [1.165, 1.54) is 5.57 Å². The number of allylic oxidation sites excluding steroid dienone is 1. The monoisotopic (exact) mass is 222 g/mol. The van der Waals surface area contributed by atoms with Crippen LogP contribution in [0, 0.1) is 6.92 Å². The maximum atomic E-state index is 4.28. The molecule has 2 heteroatoms. The molecule has 1 aromatic heterocycles. The smallest absolute Gasteiger partial charge is 0.136 e. The van der Waals surface area contributed by atoms with E-state index in [1.54, 1.807) is 6.08 Å². The predicted molar refractivity (Wildman–Crippen MR) is 75.4 cm³/mol. The lowest BCUT2D eigenvalue weighted by Gasteiger charge is -1.96. The Kier molecular flexibility index (Phi) is 10.9. The minimum absolute atomic E-state index is 0.897. The van der Waals surface area contributed by atoms with Crippen LogP contribution in [0.25, 0.3) is 12.3 Å². The van der Waals surface area contributed by atoms with Crippen molar-refractivity contribution in [3.8, 4) is 0 Å². The van der Waals surface area contributed by atoms with E-state index in [9.17, 15) is 0 Å². The Labute approximate surface area is 101 Å². The number of hydrogen-bond acceptors (Lipinski definition) is 1. The van der Waals surface area contributed by atoms with Gasteiger partial charge in [-0.1, -0.05) is 39.8 Å². The Morgan fingerprint density at radius 3 is 2.12 bits per heavy atom. The first kappa shape index (κ1) is 17.1. The third kappa shape index (κ3) is 6.23. The van der Waals surface area contributed by atoms with E-state index in [1.807, 2.05) is 51.6 Å². The van der Waals surface area contributed by atoms with Crippen LogP contribution < -0.4 is 0 Å². The topological polar surface area (TPSA) is 17.8 Å². The molecule has 0 saturated heterocycles. The summed E-state index contributed by atoms with van der Waals surface area (Å²) in [4.78, 5) is 4.28. The minimum atomic E-state index is 0.897. The lowest BCUT2D eigenvalue weighted by Crippen LogP contribution is -1.88. The molecule has 92 valence electrons. The highest BCUT2D eigenvalue weighted by Crippen LogP contribution is 2.06. The van der Waals surface area contributed by atoms with Crippen molar-refractivity contribution in [1.29, 1.82) is 0 Å². The quantitative estimate of drug-likeness (QED) is 0.705. The number of imidazole rings is 1. The van der Waals surface area contributed by atoms with Gasteiger partial charge in [0.05, 0.1) is 5.69 Å². The van der Waals surface area contributed by atoms with Crippen LogP contribution >= 0.6 is 0 Å². The van der Waals surface area contributed by atoms with E-state index >= 15 is 0 Å². The Morgan fingerprint density at radius 2 is 1.75 bits per heavy atom. The molecule has 0 radical (unpaired) electrons. The standard InChI is InChI=1S/C10H14N2.2C2H6/c1-5-10-11-9(4)7-12(10)6-8(2)3;2*1-2/h5-7H,1H2,2-4H3;2*1-2H3. The summed E-state index contributed by atoms with van der Waals surface area (Å²) in [5.41, 5.74) is 2.26. The fourth-order valence-corrected chi connectivity index (χ4v) is 1.07. The van der Waals surface area contributed by atoms with Crippen molar-refractivity contribution >= 4 is 12.3 Å².